The maximum atomic E-state index is 9.57. The number of ether oxygens (including phenoxy) is 1. The van der Waals surface area contributed by atoms with Crippen LogP contribution in [-0.2, 0) is 0 Å². The zero-order valence-electron chi connectivity index (χ0n) is 11.0. The summed E-state index contributed by atoms with van der Waals surface area (Å²) in [6.45, 7) is 3.57. The van der Waals surface area contributed by atoms with Gasteiger partial charge in [-0.25, -0.2) is 9.97 Å². The topological polar surface area (TPSA) is 55.2 Å². The van der Waals surface area contributed by atoms with E-state index in [0.717, 1.165) is 27.0 Å². The van der Waals surface area contributed by atoms with Crippen molar-refractivity contribution in [2.24, 2.45) is 0 Å². The SMILES string of the molecule is COc1ccc(-c2ncc([C@H](C)O)c(C)n2)cc1Br. The van der Waals surface area contributed by atoms with E-state index in [1.807, 2.05) is 25.1 Å². The summed E-state index contributed by atoms with van der Waals surface area (Å²) in [5.74, 6) is 1.39. The molecule has 1 aromatic heterocycles. The van der Waals surface area contributed by atoms with Crippen LogP contribution in [0, 0.1) is 6.92 Å². The summed E-state index contributed by atoms with van der Waals surface area (Å²) in [5.41, 5.74) is 2.43. The van der Waals surface area contributed by atoms with E-state index in [0.29, 0.717) is 5.82 Å². The van der Waals surface area contributed by atoms with Crippen molar-refractivity contribution in [3.63, 3.8) is 0 Å². The van der Waals surface area contributed by atoms with Crippen molar-refractivity contribution in [1.82, 2.24) is 9.97 Å². The molecule has 19 heavy (non-hydrogen) atoms. The van der Waals surface area contributed by atoms with Crippen LogP contribution < -0.4 is 4.74 Å². The normalized spacial score (nSPS) is 12.3. The first kappa shape index (κ1) is 14.0. The highest BCUT2D eigenvalue weighted by Crippen LogP contribution is 2.29. The molecule has 0 bridgehead atoms. The number of aliphatic hydroxyl groups excluding tert-OH is 1. The van der Waals surface area contributed by atoms with Gasteiger partial charge in [-0.05, 0) is 48.0 Å². The Morgan fingerprint density at radius 2 is 2.11 bits per heavy atom. The van der Waals surface area contributed by atoms with Crippen LogP contribution in [0.2, 0.25) is 0 Å². The van der Waals surface area contributed by atoms with Gasteiger partial charge >= 0.3 is 0 Å². The van der Waals surface area contributed by atoms with E-state index in [1.165, 1.54) is 0 Å². The number of benzene rings is 1. The van der Waals surface area contributed by atoms with Crippen LogP contribution >= 0.6 is 15.9 Å². The molecule has 0 unspecified atom stereocenters. The largest absolute Gasteiger partial charge is 0.496 e. The third-order valence-electron chi connectivity index (χ3n) is 2.88. The first-order valence-electron chi connectivity index (χ1n) is 5.88. The number of halogens is 1. The van der Waals surface area contributed by atoms with Crippen molar-refractivity contribution >= 4 is 15.9 Å². The maximum absolute atomic E-state index is 9.57. The molecule has 2 rings (SSSR count). The van der Waals surface area contributed by atoms with Crippen molar-refractivity contribution in [2.75, 3.05) is 7.11 Å². The molecule has 1 atom stereocenters. The van der Waals surface area contributed by atoms with Crippen LogP contribution in [0.4, 0.5) is 0 Å². The van der Waals surface area contributed by atoms with Gasteiger partial charge in [0.05, 0.1) is 17.7 Å². The summed E-state index contributed by atoms with van der Waals surface area (Å²) in [4.78, 5) is 8.72. The summed E-state index contributed by atoms with van der Waals surface area (Å²) in [6, 6.07) is 5.68. The second kappa shape index (κ2) is 5.67. The van der Waals surface area contributed by atoms with Gasteiger partial charge in [0.25, 0.3) is 0 Å². The van der Waals surface area contributed by atoms with Crippen molar-refractivity contribution in [2.45, 2.75) is 20.0 Å². The summed E-state index contributed by atoms with van der Waals surface area (Å²) < 4.78 is 6.04. The van der Waals surface area contributed by atoms with E-state index < -0.39 is 6.10 Å². The molecule has 2 aromatic rings. The van der Waals surface area contributed by atoms with Crippen LogP contribution in [0.25, 0.3) is 11.4 Å². The van der Waals surface area contributed by atoms with Gasteiger partial charge in [0.1, 0.15) is 5.75 Å². The van der Waals surface area contributed by atoms with Crippen molar-refractivity contribution < 1.29 is 9.84 Å². The number of aliphatic hydroxyl groups is 1. The van der Waals surface area contributed by atoms with E-state index in [4.69, 9.17) is 4.74 Å². The third-order valence-corrected chi connectivity index (χ3v) is 3.50. The summed E-state index contributed by atoms with van der Waals surface area (Å²) in [7, 11) is 1.62. The molecule has 0 aliphatic rings. The third kappa shape index (κ3) is 2.93. The molecule has 1 aromatic carbocycles. The number of hydrogen-bond donors (Lipinski definition) is 1. The van der Waals surface area contributed by atoms with Gasteiger partial charge in [-0.3, -0.25) is 0 Å². The van der Waals surface area contributed by atoms with Crippen LogP contribution in [0.15, 0.2) is 28.9 Å². The average Bonchev–Trinajstić information content (AvgIpc) is 2.38. The number of hydrogen-bond acceptors (Lipinski definition) is 4. The molecule has 5 heteroatoms. The zero-order chi connectivity index (χ0) is 14.0. The van der Waals surface area contributed by atoms with E-state index in [2.05, 4.69) is 25.9 Å². The Balaban J connectivity index is 2.42. The predicted octanol–water partition coefficient (Wildman–Crippen LogP) is 3.28. The monoisotopic (exact) mass is 322 g/mol. The van der Waals surface area contributed by atoms with Gasteiger partial charge in [0.15, 0.2) is 5.82 Å². The smallest absolute Gasteiger partial charge is 0.159 e. The van der Waals surface area contributed by atoms with Crippen LogP contribution in [0.1, 0.15) is 24.3 Å². The minimum Gasteiger partial charge on any atom is -0.496 e. The van der Waals surface area contributed by atoms with Gasteiger partial charge in [0, 0.05) is 23.0 Å². The first-order chi connectivity index (χ1) is 9.02. The minimum atomic E-state index is -0.559. The molecule has 4 nitrogen and oxygen atoms in total. The molecule has 0 spiro atoms. The van der Waals surface area contributed by atoms with Gasteiger partial charge in [0.2, 0.25) is 0 Å². The van der Waals surface area contributed by atoms with E-state index in [-0.39, 0.29) is 0 Å². The molecule has 1 heterocycles. The number of rotatable bonds is 3. The average molecular weight is 323 g/mol. The van der Waals surface area contributed by atoms with Crippen molar-refractivity contribution in [3.05, 3.63) is 40.1 Å². The van der Waals surface area contributed by atoms with E-state index >= 15 is 0 Å². The Bertz CT molecular complexity index is 600. The lowest BCUT2D eigenvalue weighted by molar-refractivity contribution is 0.197. The lowest BCUT2D eigenvalue weighted by Gasteiger charge is -2.10. The fourth-order valence-corrected chi connectivity index (χ4v) is 2.37. The lowest BCUT2D eigenvalue weighted by Crippen LogP contribution is -2.01. The highest BCUT2D eigenvalue weighted by atomic mass is 79.9. The summed E-state index contributed by atoms with van der Waals surface area (Å²) >= 11 is 3.44. The van der Waals surface area contributed by atoms with Gasteiger partial charge < -0.3 is 9.84 Å². The van der Waals surface area contributed by atoms with Crippen LogP contribution in [0.5, 0.6) is 5.75 Å². The molecular formula is C14H15BrN2O2. The van der Waals surface area contributed by atoms with Crippen molar-refractivity contribution in [3.8, 4) is 17.1 Å². The molecule has 0 saturated heterocycles. The highest BCUT2D eigenvalue weighted by molar-refractivity contribution is 9.10. The Kier molecular flexibility index (Phi) is 4.17. The fraction of sp³-hybridized carbons (Fsp3) is 0.286. The molecule has 1 N–H and O–H groups in total. The highest BCUT2D eigenvalue weighted by Gasteiger charge is 2.10. The van der Waals surface area contributed by atoms with E-state index in [1.54, 1.807) is 20.2 Å². The Morgan fingerprint density at radius 1 is 1.37 bits per heavy atom. The van der Waals surface area contributed by atoms with Gasteiger partial charge in [-0.2, -0.15) is 0 Å². The van der Waals surface area contributed by atoms with Gasteiger partial charge in [-0.15, -0.1) is 0 Å². The van der Waals surface area contributed by atoms with Crippen molar-refractivity contribution in [1.29, 1.82) is 0 Å². The van der Waals surface area contributed by atoms with Gasteiger partial charge in [-0.1, -0.05) is 0 Å². The second-order valence-corrected chi connectivity index (χ2v) is 5.11. The molecule has 0 aliphatic heterocycles. The maximum Gasteiger partial charge on any atom is 0.159 e. The Hall–Kier alpha value is -1.46. The number of aryl methyl sites for hydroxylation is 1. The molecule has 0 radical (unpaired) electrons. The summed E-state index contributed by atoms with van der Waals surface area (Å²) in [6.07, 6.45) is 1.11. The Morgan fingerprint density at radius 3 is 2.63 bits per heavy atom. The molecule has 100 valence electrons. The van der Waals surface area contributed by atoms with Crippen LogP contribution in [0.3, 0.4) is 0 Å². The Labute approximate surface area is 120 Å². The lowest BCUT2D eigenvalue weighted by atomic mass is 10.1. The number of aromatic nitrogens is 2. The molecule has 0 fully saturated rings. The quantitative estimate of drug-likeness (QED) is 0.942. The van der Waals surface area contributed by atoms with E-state index in [9.17, 15) is 5.11 Å². The second-order valence-electron chi connectivity index (χ2n) is 4.26. The van der Waals surface area contributed by atoms with Crippen LogP contribution in [-0.4, -0.2) is 22.2 Å². The molecular weight excluding hydrogens is 308 g/mol. The summed E-state index contributed by atoms with van der Waals surface area (Å²) in [5, 5.41) is 9.57. The standard InChI is InChI=1S/C14H15BrN2O2/c1-8-11(9(2)18)7-16-14(17-8)10-4-5-13(19-3)12(15)6-10/h4-7,9,18H,1-3H3/t9-/m0/s1. The number of nitrogens with zero attached hydrogens (tertiary/aromatic N) is 2. The number of methoxy groups -OCH3 is 1. The molecule has 0 amide bonds. The molecule has 0 aliphatic carbocycles. The zero-order valence-corrected chi connectivity index (χ0v) is 12.6. The minimum absolute atomic E-state index is 0.559. The molecule has 0 saturated carbocycles. The fourth-order valence-electron chi connectivity index (χ4n) is 1.83. The predicted molar refractivity (Wildman–Crippen MR) is 77.1 cm³/mol. The first-order valence-corrected chi connectivity index (χ1v) is 6.67.